The summed E-state index contributed by atoms with van der Waals surface area (Å²) in [5, 5.41) is 16.6. The van der Waals surface area contributed by atoms with Crippen molar-refractivity contribution < 1.29 is 14.6 Å². The van der Waals surface area contributed by atoms with Gasteiger partial charge >= 0.3 is 0 Å². The molecule has 1 aromatic heterocycles. The molecule has 1 heterocycles. The smallest absolute Gasteiger partial charge is 0.271 e. The summed E-state index contributed by atoms with van der Waals surface area (Å²) in [6.07, 6.45) is -0.581. The van der Waals surface area contributed by atoms with Crippen molar-refractivity contribution in [1.82, 2.24) is 15.0 Å². The van der Waals surface area contributed by atoms with Crippen molar-refractivity contribution >= 4 is 5.91 Å². The molecular weight excluding hydrogens is 200 g/mol. The number of hydrogen-bond donors (Lipinski definition) is 2. The Kier molecular flexibility index (Phi) is 3.75. The Hall–Kier alpha value is -1.47. The number of primary amides is 1. The van der Waals surface area contributed by atoms with E-state index >= 15 is 0 Å². The molecule has 1 atom stereocenters. The molecule has 3 N–H and O–H groups in total. The molecule has 7 nitrogen and oxygen atoms in total. The number of carbonyl (C=O) groups is 1. The number of ether oxygens (including phenoxy) is 1. The van der Waals surface area contributed by atoms with Crippen LogP contribution in [0.5, 0.6) is 0 Å². The van der Waals surface area contributed by atoms with E-state index < -0.39 is 12.0 Å². The summed E-state index contributed by atoms with van der Waals surface area (Å²) in [5.74, 6) is -0.654. The van der Waals surface area contributed by atoms with Gasteiger partial charge in [-0.1, -0.05) is 5.21 Å². The maximum Gasteiger partial charge on any atom is 0.271 e. The molecule has 0 radical (unpaired) electrons. The Labute approximate surface area is 86.8 Å². The molecule has 15 heavy (non-hydrogen) atoms. The van der Waals surface area contributed by atoms with Crippen LogP contribution >= 0.6 is 0 Å². The van der Waals surface area contributed by atoms with E-state index in [1.165, 1.54) is 11.8 Å². The number of rotatable bonds is 5. The van der Waals surface area contributed by atoms with Crippen LogP contribution in [0.4, 0.5) is 0 Å². The second-order valence-corrected chi connectivity index (χ2v) is 3.21. The number of amides is 1. The number of hydrogen-bond acceptors (Lipinski definition) is 5. The number of aliphatic hydroxyl groups excluding tert-OH is 1. The average Bonchev–Trinajstić information content (AvgIpc) is 2.48. The predicted molar refractivity (Wildman–Crippen MR) is 50.9 cm³/mol. The van der Waals surface area contributed by atoms with Gasteiger partial charge in [0.15, 0.2) is 5.69 Å². The largest absolute Gasteiger partial charge is 0.391 e. The molecular formula is C8H14N4O3. The lowest BCUT2D eigenvalue weighted by molar-refractivity contribution is 0.0988. The lowest BCUT2D eigenvalue weighted by Gasteiger charge is -2.07. The zero-order valence-electron chi connectivity index (χ0n) is 8.67. The van der Waals surface area contributed by atoms with Crippen LogP contribution < -0.4 is 5.73 Å². The number of nitrogens with zero attached hydrogens (tertiary/aromatic N) is 3. The van der Waals surface area contributed by atoms with E-state index in [1.54, 1.807) is 6.92 Å². The summed E-state index contributed by atoms with van der Waals surface area (Å²) in [6, 6.07) is 0. The van der Waals surface area contributed by atoms with Gasteiger partial charge in [-0.25, -0.2) is 4.68 Å². The van der Waals surface area contributed by atoms with Crippen molar-refractivity contribution in [3.63, 3.8) is 0 Å². The minimum Gasteiger partial charge on any atom is -0.391 e. The fourth-order valence-electron chi connectivity index (χ4n) is 1.20. The zero-order chi connectivity index (χ0) is 11.4. The molecule has 84 valence electrons. The minimum atomic E-state index is -0.654. The standard InChI is InChI=1S/C8H14N4O3/c1-5(13)3-12-6(4-15-2)7(8(9)14)10-11-12/h5,13H,3-4H2,1-2H3,(H2,9,14). The van der Waals surface area contributed by atoms with E-state index in [1.807, 2.05) is 0 Å². The summed E-state index contributed by atoms with van der Waals surface area (Å²) >= 11 is 0. The van der Waals surface area contributed by atoms with Gasteiger partial charge in [-0.2, -0.15) is 0 Å². The van der Waals surface area contributed by atoms with Crippen LogP contribution in [-0.2, 0) is 17.9 Å². The molecule has 0 saturated carbocycles. The molecule has 1 aromatic rings. The van der Waals surface area contributed by atoms with E-state index in [2.05, 4.69) is 10.3 Å². The first kappa shape index (κ1) is 11.6. The highest BCUT2D eigenvalue weighted by Crippen LogP contribution is 2.07. The molecule has 1 rings (SSSR count). The van der Waals surface area contributed by atoms with Gasteiger partial charge in [0.2, 0.25) is 0 Å². The van der Waals surface area contributed by atoms with Crippen LogP contribution in [0.2, 0.25) is 0 Å². The van der Waals surface area contributed by atoms with Crippen LogP contribution in [0.3, 0.4) is 0 Å². The summed E-state index contributed by atoms with van der Waals surface area (Å²) in [6.45, 7) is 2.04. The first-order valence-corrected chi connectivity index (χ1v) is 4.45. The average molecular weight is 214 g/mol. The maximum atomic E-state index is 11.0. The molecule has 0 aliphatic carbocycles. The van der Waals surface area contributed by atoms with Gasteiger partial charge < -0.3 is 15.6 Å². The monoisotopic (exact) mass is 214 g/mol. The topological polar surface area (TPSA) is 103 Å². The Balaban J connectivity index is 3.00. The van der Waals surface area contributed by atoms with Crippen LogP contribution in [0.25, 0.3) is 0 Å². The molecule has 0 aliphatic heterocycles. The summed E-state index contributed by atoms with van der Waals surface area (Å²) < 4.78 is 6.32. The van der Waals surface area contributed by atoms with Crippen molar-refractivity contribution in [1.29, 1.82) is 0 Å². The first-order valence-electron chi connectivity index (χ1n) is 4.45. The van der Waals surface area contributed by atoms with Gasteiger partial charge in [-0.15, -0.1) is 5.10 Å². The fraction of sp³-hybridized carbons (Fsp3) is 0.625. The van der Waals surface area contributed by atoms with E-state index in [9.17, 15) is 9.90 Å². The summed E-state index contributed by atoms with van der Waals surface area (Å²) in [4.78, 5) is 11.0. The SMILES string of the molecule is COCc1c(C(N)=O)nnn1CC(C)O. The van der Waals surface area contributed by atoms with Crippen LogP contribution in [0.1, 0.15) is 23.1 Å². The van der Waals surface area contributed by atoms with Gasteiger partial charge in [0, 0.05) is 7.11 Å². The van der Waals surface area contributed by atoms with Gasteiger partial charge in [-0.3, -0.25) is 4.79 Å². The minimum absolute atomic E-state index is 0.0810. The number of aromatic nitrogens is 3. The van der Waals surface area contributed by atoms with Crippen molar-refractivity contribution in [2.45, 2.75) is 26.2 Å². The van der Waals surface area contributed by atoms with Crippen LogP contribution in [0, 0.1) is 0 Å². The summed E-state index contributed by atoms with van der Waals surface area (Å²) in [5.41, 5.74) is 5.67. The van der Waals surface area contributed by atoms with Gasteiger partial charge in [-0.05, 0) is 6.92 Å². The fourth-order valence-corrected chi connectivity index (χ4v) is 1.20. The van der Waals surface area contributed by atoms with E-state index in [0.29, 0.717) is 5.69 Å². The Morgan fingerprint density at radius 1 is 1.73 bits per heavy atom. The third-order valence-electron chi connectivity index (χ3n) is 1.79. The second-order valence-electron chi connectivity index (χ2n) is 3.21. The molecule has 7 heteroatoms. The molecule has 0 fully saturated rings. The molecule has 1 unspecified atom stereocenters. The van der Waals surface area contributed by atoms with E-state index in [-0.39, 0.29) is 18.8 Å². The van der Waals surface area contributed by atoms with Crippen molar-refractivity contribution in [3.8, 4) is 0 Å². The molecule has 1 amide bonds. The Morgan fingerprint density at radius 3 is 2.87 bits per heavy atom. The number of carbonyl (C=O) groups excluding carboxylic acids is 1. The van der Waals surface area contributed by atoms with Gasteiger partial charge in [0.1, 0.15) is 0 Å². The van der Waals surface area contributed by atoms with Crippen molar-refractivity contribution in [2.75, 3.05) is 7.11 Å². The van der Waals surface area contributed by atoms with Gasteiger partial charge in [0.05, 0.1) is 24.9 Å². The lowest BCUT2D eigenvalue weighted by atomic mass is 10.3. The van der Waals surface area contributed by atoms with Gasteiger partial charge in [0.25, 0.3) is 5.91 Å². The van der Waals surface area contributed by atoms with E-state index in [4.69, 9.17) is 10.5 Å². The number of methoxy groups -OCH3 is 1. The second kappa shape index (κ2) is 4.85. The molecule has 0 aliphatic rings. The molecule has 0 saturated heterocycles. The van der Waals surface area contributed by atoms with E-state index in [0.717, 1.165) is 0 Å². The highest BCUT2D eigenvalue weighted by molar-refractivity contribution is 5.91. The summed E-state index contributed by atoms with van der Waals surface area (Å²) in [7, 11) is 1.49. The molecule has 0 spiro atoms. The Bertz CT molecular complexity index is 348. The predicted octanol–water partition coefficient (Wildman–Crippen LogP) is -1.10. The first-order chi connectivity index (χ1) is 7.06. The lowest BCUT2D eigenvalue weighted by Crippen LogP contribution is -2.18. The highest BCUT2D eigenvalue weighted by Gasteiger charge is 2.17. The maximum absolute atomic E-state index is 11.0. The molecule has 0 aromatic carbocycles. The zero-order valence-corrected chi connectivity index (χ0v) is 8.67. The Morgan fingerprint density at radius 2 is 2.40 bits per heavy atom. The molecule has 0 bridgehead atoms. The number of aliphatic hydroxyl groups is 1. The number of nitrogens with two attached hydrogens (primary N) is 1. The third-order valence-corrected chi connectivity index (χ3v) is 1.79. The van der Waals surface area contributed by atoms with Crippen LogP contribution in [0.15, 0.2) is 0 Å². The highest BCUT2D eigenvalue weighted by atomic mass is 16.5. The van der Waals surface area contributed by atoms with Crippen LogP contribution in [-0.4, -0.2) is 39.2 Å². The quantitative estimate of drug-likeness (QED) is 0.647. The third kappa shape index (κ3) is 2.74. The van der Waals surface area contributed by atoms with Crippen molar-refractivity contribution in [2.24, 2.45) is 5.73 Å². The van der Waals surface area contributed by atoms with Crippen molar-refractivity contribution in [3.05, 3.63) is 11.4 Å². The normalized spacial score (nSPS) is 12.7.